The number of pyridine rings is 1. The minimum atomic E-state index is -0.699. The van der Waals surface area contributed by atoms with E-state index in [1.807, 2.05) is 48.8 Å². The Labute approximate surface area is 176 Å². The Morgan fingerprint density at radius 1 is 1.07 bits per heavy atom. The average Bonchev–Trinajstić information content (AvgIpc) is 3.20. The number of methoxy groups -OCH3 is 1. The van der Waals surface area contributed by atoms with E-state index >= 15 is 0 Å². The Morgan fingerprint density at radius 2 is 1.80 bits per heavy atom. The van der Waals surface area contributed by atoms with E-state index in [2.05, 4.69) is 15.0 Å². The highest BCUT2D eigenvalue weighted by Gasteiger charge is 2.29. The van der Waals surface area contributed by atoms with Gasteiger partial charge in [0.2, 0.25) is 0 Å². The number of rotatable bonds is 7. The first-order valence-corrected chi connectivity index (χ1v) is 10.3. The standard InChI is InChI=1S/C24H27N3O3/c1-24(2,23(28)29-3)15-30-19-10-7-17(8-11-19)20-12-9-18(13-25-20)22-26-14-21(27-22)16-5-4-6-16/h7-14,16H,4-6,15H2,1-3H3,(H,26,27). The highest BCUT2D eigenvalue weighted by atomic mass is 16.5. The second-order valence-electron chi connectivity index (χ2n) is 8.44. The van der Waals surface area contributed by atoms with Crippen LogP contribution in [-0.4, -0.2) is 34.6 Å². The third kappa shape index (κ3) is 4.22. The van der Waals surface area contributed by atoms with E-state index in [0.29, 0.717) is 11.7 Å². The number of imidazole rings is 1. The molecule has 0 radical (unpaired) electrons. The van der Waals surface area contributed by atoms with Crippen LogP contribution in [0.4, 0.5) is 0 Å². The number of carbonyl (C=O) groups excluding carboxylic acids is 1. The van der Waals surface area contributed by atoms with E-state index in [-0.39, 0.29) is 12.6 Å². The molecule has 0 bridgehead atoms. The number of carbonyl (C=O) groups is 1. The Hall–Kier alpha value is -3.15. The summed E-state index contributed by atoms with van der Waals surface area (Å²) in [5.41, 5.74) is 3.39. The van der Waals surface area contributed by atoms with E-state index in [9.17, 15) is 4.79 Å². The molecule has 0 aliphatic heterocycles. The Balaban J connectivity index is 1.40. The maximum atomic E-state index is 11.8. The van der Waals surface area contributed by atoms with Crippen LogP contribution in [0.2, 0.25) is 0 Å². The van der Waals surface area contributed by atoms with Crippen LogP contribution in [0, 0.1) is 5.41 Å². The smallest absolute Gasteiger partial charge is 0.314 e. The molecule has 2 heterocycles. The molecule has 1 aromatic carbocycles. The van der Waals surface area contributed by atoms with Crippen LogP contribution in [0.25, 0.3) is 22.6 Å². The molecule has 1 fully saturated rings. The third-order valence-corrected chi connectivity index (χ3v) is 5.67. The van der Waals surface area contributed by atoms with Gasteiger partial charge in [-0.2, -0.15) is 0 Å². The van der Waals surface area contributed by atoms with Crippen molar-refractivity contribution in [1.82, 2.24) is 15.0 Å². The number of aromatic amines is 1. The summed E-state index contributed by atoms with van der Waals surface area (Å²) in [5.74, 6) is 1.91. The van der Waals surface area contributed by atoms with Gasteiger partial charge in [0.15, 0.2) is 0 Å². The van der Waals surface area contributed by atoms with E-state index < -0.39 is 5.41 Å². The summed E-state index contributed by atoms with van der Waals surface area (Å²) < 4.78 is 10.6. The van der Waals surface area contributed by atoms with Crippen molar-refractivity contribution in [3.63, 3.8) is 0 Å². The van der Waals surface area contributed by atoms with Crippen molar-refractivity contribution in [2.75, 3.05) is 13.7 Å². The average molecular weight is 405 g/mol. The molecule has 4 rings (SSSR count). The van der Waals surface area contributed by atoms with E-state index in [0.717, 1.165) is 22.6 Å². The number of aromatic nitrogens is 3. The molecule has 156 valence electrons. The number of nitrogens with zero attached hydrogens (tertiary/aromatic N) is 2. The van der Waals surface area contributed by atoms with Crippen LogP contribution in [0.5, 0.6) is 5.75 Å². The molecule has 0 atom stereocenters. The lowest BCUT2D eigenvalue weighted by Crippen LogP contribution is -2.32. The molecular formula is C24H27N3O3. The van der Waals surface area contributed by atoms with Gasteiger partial charge < -0.3 is 14.5 Å². The van der Waals surface area contributed by atoms with Crippen LogP contribution in [0.3, 0.4) is 0 Å². The molecule has 0 amide bonds. The molecule has 3 aromatic rings. The number of hydrogen-bond acceptors (Lipinski definition) is 5. The molecule has 1 N–H and O–H groups in total. The molecule has 30 heavy (non-hydrogen) atoms. The maximum Gasteiger partial charge on any atom is 0.314 e. The number of H-pyrrole nitrogens is 1. The third-order valence-electron chi connectivity index (χ3n) is 5.67. The molecule has 6 nitrogen and oxygen atoms in total. The Bertz CT molecular complexity index is 1000. The van der Waals surface area contributed by atoms with E-state index in [1.165, 1.54) is 32.1 Å². The van der Waals surface area contributed by atoms with Crippen LogP contribution >= 0.6 is 0 Å². The summed E-state index contributed by atoms with van der Waals surface area (Å²) in [6, 6.07) is 11.7. The molecule has 6 heteroatoms. The zero-order chi connectivity index (χ0) is 21.1. The first-order chi connectivity index (χ1) is 14.5. The zero-order valence-electron chi connectivity index (χ0n) is 17.6. The topological polar surface area (TPSA) is 77.1 Å². The molecule has 1 aliphatic carbocycles. The number of benzene rings is 1. The predicted molar refractivity (Wildman–Crippen MR) is 115 cm³/mol. The molecule has 0 spiro atoms. The van der Waals surface area contributed by atoms with E-state index in [4.69, 9.17) is 9.47 Å². The minimum Gasteiger partial charge on any atom is -0.492 e. The summed E-state index contributed by atoms with van der Waals surface area (Å²) in [5, 5.41) is 0. The van der Waals surface area contributed by atoms with Crippen molar-refractivity contribution >= 4 is 5.97 Å². The minimum absolute atomic E-state index is 0.248. The number of hydrogen-bond donors (Lipinski definition) is 1. The van der Waals surface area contributed by atoms with Gasteiger partial charge in [-0.1, -0.05) is 6.42 Å². The lowest BCUT2D eigenvalue weighted by Gasteiger charge is -2.23. The van der Waals surface area contributed by atoms with Crippen molar-refractivity contribution in [2.24, 2.45) is 5.41 Å². The predicted octanol–water partition coefficient (Wildman–Crippen LogP) is 4.98. The summed E-state index contributed by atoms with van der Waals surface area (Å²) in [7, 11) is 1.39. The Kier molecular flexibility index (Phi) is 5.57. The van der Waals surface area contributed by atoms with Crippen molar-refractivity contribution in [2.45, 2.75) is 39.0 Å². The van der Waals surface area contributed by atoms with E-state index in [1.54, 1.807) is 13.8 Å². The van der Waals surface area contributed by atoms with Crippen LogP contribution in [-0.2, 0) is 9.53 Å². The summed E-state index contributed by atoms with van der Waals surface area (Å²) in [6.07, 6.45) is 7.61. The van der Waals surface area contributed by atoms with Gasteiger partial charge >= 0.3 is 5.97 Å². The lowest BCUT2D eigenvalue weighted by molar-refractivity contribution is -0.152. The van der Waals surface area contributed by atoms with Gasteiger partial charge in [-0.05, 0) is 63.1 Å². The first-order valence-electron chi connectivity index (χ1n) is 10.3. The van der Waals surface area contributed by atoms with Gasteiger partial charge in [0.25, 0.3) is 0 Å². The molecule has 0 unspecified atom stereocenters. The fourth-order valence-electron chi connectivity index (χ4n) is 3.43. The van der Waals surface area contributed by atoms with Crippen molar-refractivity contribution in [3.8, 4) is 28.4 Å². The fourth-order valence-corrected chi connectivity index (χ4v) is 3.43. The number of nitrogens with one attached hydrogen (secondary N) is 1. The van der Waals surface area contributed by atoms with Gasteiger partial charge in [-0.3, -0.25) is 9.78 Å². The lowest BCUT2D eigenvalue weighted by atomic mass is 9.83. The number of esters is 1. The summed E-state index contributed by atoms with van der Waals surface area (Å²) in [4.78, 5) is 24.3. The van der Waals surface area contributed by atoms with Gasteiger partial charge in [0.05, 0.1) is 18.2 Å². The van der Waals surface area contributed by atoms with Crippen molar-refractivity contribution in [3.05, 3.63) is 54.5 Å². The molecule has 0 saturated heterocycles. The zero-order valence-corrected chi connectivity index (χ0v) is 17.6. The van der Waals surface area contributed by atoms with Crippen molar-refractivity contribution in [1.29, 1.82) is 0 Å². The summed E-state index contributed by atoms with van der Waals surface area (Å²) in [6.45, 7) is 3.84. The monoisotopic (exact) mass is 405 g/mol. The fraction of sp³-hybridized carbons (Fsp3) is 0.375. The normalized spacial score (nSPS) is 14.2. The van der Waals surface area contributed by atoms with Crippen LogP contribution in [0.1, 0.15) is 44.7 Å². The first kappa shape index (κ1) is 20.1. The largest absolute Gasteiger partial charge is 0.492 e. The van der Waals surface area contributed by atoms with Crippen molar-refractivity contribution < 1.29 is 14.3 Å². The molecule has 1 saturated carbocycles. The SMILES string of the molecule is COC(=O)C(C)(C)COc1ccc(-c2ccc(-c3ncc(C4CCC4)[nH]3)cn2)cc1. The second-order valence-corrected chi connectivity index (χ2v) is 8.44. The van der Waals surface area contributed by atoms with Gasteiger partial charge in [0, 0.05) is 35.1 Å². The van der Waals surface area contributed by atoms with Crippen LogP contribution in [0.15, 0.2) is 48.8 Å². The number of ether oxygens (including phenoxy) is 2. The van der Waals surface area contributed by atoms with Crippen LogP contribution < -0.4 is 4.74 Å². The molecular weight excluding hydrogens is 378 g/mol. The highest BCUT2D eigenvalue weighted by molar-refractivity contribution is 5.76. The summed E-state index contributed by atoms with van der Waals surface area (Å²) >= 11 is 0. The Morgan fingerprint density at radius 3 is 2.40 bits per heavy atom. The quantitative estimate of drug-likeness (QED) is 0.561. The highest BCUT2D eigenvalue weighted by Crippen LogP contribution is 2.36. The van der Waals surface area contributed by atoms with Gasteiger partial charge in [-0.25, -0.2) is 4.98 Å². The van der Waals surface area contributed by atoms with Gasteiger partial charge in [0.1, 0.15) is 18.2 Å². The molecule has 1 aliphatic rings. The molecule has 2 aromatic heterocycles. The second kappa shape index (κ2) is 8.30. The van der Waals surface area contributed by atoms with Gasteiger partial charge in [-0.15, -0.1) is 0 Å². The maximum absolute atomic E-state index is 11.8.